The molecule has 1 aromatic heterocycles. The summed E-state index contributed by atoms with van der Waals surface area (Å²) in [6.07, 6.45) is 0.260. The van der Waals surface area contributed by atoms with Gasteiger partial charge < -0.3 is 15.3 Å². The normalized spacial score (nSPS) is 17.5. The summed E-state index contributed by atoms with van der Waals surface area (Å²) < 4.78 is 5.15. The number of oxime groups is 1. The van der Waals surface area contributed by atoms with Crippen molar-refractivity contribution in [3.8, 4) is 0 Å². The monoisotopic (exact) mass is 309 g/mol. The van der Waals surface area contributed by atoms with Crippen molar-refractivity contribution in [3.05, 3.63) is 22.5 Å². The van der Waals surface area contributed by atoms with E-state index in [0.29, 0.717) is 18.7 Å². The quantitative estimate of drug-likeness (QED) is 0.673. The number of pyridine rings is 1. The van der Waals surface area contributed by atoms with Gasteiger partial charge in [-0.2, -0.15) is 0 Å². The number of ether oxygens (including phenoxy) is 1. The lowest BCUT2D eigenvalue weighted by Crippen LogP contribution is -2.15. The molecular formula is C13H17BClN3O3. The Labute approximate surface area is 129 Å². The fourth-order valence-electron chi connectivity index (χ4n) is 1.84. The van der Waals surface area contributed by atoms with Crippen molar-refractivity contribution < 1.29 is 14.4 Å². The van der Waals surface area contributed by atoms with Crippen LogP contribution in [0.3, 0.4) is 0 Å². The first-order chi connectivity index (χ1) is 9.88. The van der Waals surface area contributed by atoms with Gasteiger partial charge in [0, 0.05) is 12.0 Å². The van der Waals surface area contributed by atoms with Crippen molar-refractivity contribution in [2.75, 3.05) is 12.3 Å². The zero-order valence-electron chi connectivity index (χ0n) is 12.2. The predicted molar refractivity (Wildman–Crippen MR) is 83.2 cm³/mol. The molecule has 0 spiro atoms. The van der Waals surface area contributed by atoms with Gasteiger partial charge in [-0.05, 0) is 12.0 Å². The van der Waals surface area contributed by atoms with E-state index in [1.165, 1.54) is 0 Å². The summed E-state index contributed by atoms with van der Waals surface area (Å²) in [4.78, 5) is 21.6. The average molecular weight is 310 g/mol. The molecule has 0 bridgehead atoms. The number of carbonyl (C=O) groups is 1. The zero-order chi connectivity index (χ0) is 15.6. The second-order valence-corrected chi connectivity index (χ2v) is 5.79. The first-order valence-corrected chi connectivity index (χ1v) is 7.08. The van der Waals surface area contributed by atoms with Crippen molar-refractivity contribution in [3.63, 3.8) is 0 Å². The van der Waals surface area contributed by atoms with Crippen LogP contribution in [-0.4, -0.2) is 31.0 Å². The predicted octanol–water partition coefficient (Wildman–Crippen LogP) is 1.54. The van der Waals surface area contributed by atoms with Gasteiger partial charge in [0.05, 0.1) is 23.0 Å². The van der Waals surface area contributed by atoms with Crippen molar-refractivity contribution in [2.24, 2.45) is 11.1 Å². The van der Waals surface area contributed by atoms with E-state index in [1.807, 2.05) is 21.7 Å². The van der Waals surface area contributed by atoms with E-state index in [9.17, 15) is 4.79 Å². The largest absolute Gasteiger partial charge is 0.461 e. The summed E-state index contributed by atoms with van der Waals surface area (Å²) in [7, 11) is 1.86. The maximum Gasteiger partial charge on any atom is 0.358 e. The molecule has 6 nitrogen and oxygen atoms in total. The minimum Gasteiger partial charge on any atom is -0.461 e. The number of hydrogen-bond acceptors (Lipinski definition) is 6. The molecular weight excluding hydrogens is 292 g/mol. The minimum absolute atomic E-state index is 0.0143. The molecule has 0 saturated carbocycles. The third-order valence-corrected chi connectivity index (χ3v) is 3.29. The van der Waals surface area contributed by atoms with Gasteiger partial charge in [-0.25, -0.2) is 9.78 Å². The molecule has 21 heavy (non-hydrogen) atoms. The molecule has 1 atom stereocenters. The number of esters is 1. The van der Waals surface area contributed by atoms with Crippen LogP contribution in [0.15, 0.2) is 11.2 Å². The Hall–Kier alpha value is -1.76. The summed E-state index contributed by atoms with van der Waals surface area (Å²) >= 11 is 6.05. The smallest absolute Gasteiger partial charge is 0.358 e. The Kier molecular flexibility index (Phi) is 4.72. The topological polar surface area (TPSA) is 86.8 Å². The fraction of sp³-hybridized carbons (Fsp3) is 0.462. The number of nitrogens with two attached hydrogens (primary N) is 1. The summed E-state index contributed by atoms with van der Waals surface area (Å²) in [6.45, 7) is 4.18. The lowest BCUT2D eigenvalue weighted by molar-refractivity contribution is 0.0449. The number of rotatable bonds is 4. The van der Waals surface area contributed by atoms with Crippen LogP contribution >= 0.6 is 11.6 Å². The fourth-order valence-corrected chi connectivity index (χ4v) is 2.01. The van der Waals surface area contributed by atoms with Gasteiger partial charge in [-0.15, -0.1) is 5.16 Å². The molecule has 0 fully saturated rings. The Morgan fingerprint density at radius 1 is 1.67 bits per heavy atom. The molecule has 112 valence electrons. The molecule has 0 aliphatic carbocycles. The van der Waals surface area contributed by atoms with E-state index in [2.05, 4.69) is 10.1 Å². The van der Waals surface area contributed by atoms with E-state index < -0.39 is 5.97 Å². The first kappa shape index (κ1) is 15.6. The van der Waals surface area contributed by atoms with Crippen LogP contribution in [0.2, 0.25) is 5.02 Å². The highest BCUT2D eigenvalue weighted by Gasteiger charge is 2.26. The van der Waals surface area contributed by atoms with E-state index in [-0.39, 0.29) is 28.4 Å². The summed E-state index contributed by atoms with van der Waals surface area (Å²) in [5.74, 6) is -0.361. The molecule has 0 amide bonds. The van der Waals surface area contributed by atoms with E-state index in [1.54, 1.807) is 6.07 Å². The SMILES string of the molecule is BC1=NOC(c2cc(N)c(Cl)c(C(=O)OCC(C)C)n2)C1. The maximum absolute atomic E-state index is 12.1. The molecule has 2 rings (SSSR count). The summed E-state index contributed by atoms with van der Waals surface area (Å²) in [5, 5.41) is 3.97. The highest BCUT2D eigenvalue weighted by Crippen LogP contribution is 2.31. The third kappa shape index (κ3) is 3.67. The van der Waals surface area contributed by atoms with Gasteiger partial charge in [-0.3, -0.25) is 0 Å². The molecule has 0 saturated heterocycles. The number of aromatic nitrogens is 1. The Bertz CT molecular complexity index is 592. The molecule has 1 aliphatic rings. The second kappa shape index (κ2) is 6.34. The molecule has 8 heteroatoms. The first-order valence-electron chi connectivity index (χ1n) is 6.70. The van der Waals surface area contributed by atoms with Crippen molar-refractivity contribution >= 4 is 36.7 Å². The van der Waals surface area contributed by atoms with E-state index in [4.69, 9.17) is 26.9 Å². The number of nitrogens with zero attached hydrogens (tertiary/aromatic N) is 2. The van der Waals surface area contributed by atoms with Crippen LogP contribution in [0.4, 0.5) is 5.69 Å². The van der Waals surface area contributed by atoms with Gasteiger partial charge in [-0.1, -0.05) is 25.4 Å². The highest BCUT2D eigenvalue weighted by molar-refractivity contribution is 6.59. The van der Waals surface area contributed by atoms with Crippen LogP contribution in [0.1, 0.15) is 42.6 Å². The molecule has 1 aromatic rings. The van der Waals surface area contributed by atoms with Gasteiger partial charge >= 0.3 is 5.97 Å². The molecule has 0 radical (unpaired) electrons. The second-order valence-electron chi connectivity index (χ2n) is 5.42. The lowest BCUT2D eigenvalue weighted by Gasteiger charge is -2.13. The maximum atomic E-state index is 12.1. The van der Waals surface area contributed by atoms with Crippen LogP contribution < -0.4 is 5.73 Å². The van der Waals surface area contributed by atoms with Crippen molar-refractivity contribution in [1.29, 1.82) is 0 Å². The number of nitrogen functional groups attached to an aromatic ring is 1. The molecule has 2 N–H and O–H groups in total. The number of carbonyl (C=O) groups excluding carboxylic acids is 1. The van der Waals surface area contributed by atoms with Crippen LogP contribution in [0, 0.1) is 5.92 Å². The van der Waals surface area contributed by atoms with Crippen LogP contribution in [0.5, 0.6) is 0 Å². The Morgan fingerprint density at radius 3 is 2.95 bits per heavy atom. The van der Waals surface area contributed by atoms with Gasteiger partial charge in [0.15, 0.2) is 19.6 Å². The lowest BCUT2D eigenvalue weighted by atomic mass is 9.95. The van der Waals surface area contributed by atoms with Gasteiger partial charge in [0.2, 0.25) is 0 Å². The Balaban J connectivity index is 2.24. The van der Waals surface area contributed by atoms with E-state index >= 15 is 0 Å². The number of halogens is 1. The van der Waals surface area contributed by atoms with E-state index in [0.717, 1.165) is 5.61 Å². The molecule has 1 unspecified atom stereocenters. The highest BCUT2D eigenvalue weighted by atomic mass is 35.5. The molecule has 2 heterocycles. The van der Waals surface area contributed by atoms with Crippen molar-refractivity contribution in [1.82, 2.24) is 4.98 Å². The average Bonchev–Trinajstić information content (AvgIpc) is 2.85. The van der Waals surface area contributed by atoms with Gasteiger partial charge in [0.25, 0.3) is 0 Å². The number of hydrogen-bond donors (Lipinski definition) is 1. The summed E-state index contributed by atoms with van der Waals surface area (Å²) in [6, 6.07) is 1.60. The number of anilines is 1. The minimum atomic E-state index is -0.585. The molecule has 0 aromatic carbocycles. The standard InChI is InChI=1S/C13H17BClN3O3/c1-6(2)5-20-13(19)12-11(15)7(16)3-8(17-12)9-4-10(14)18-21-9/h3,6,9H,4-5,14H2,1-2H3,(H2,16,17). The summed E-state index contributed by atoms with van der Waals surface area (Å²) in [5.41, 5.74) is 7.51. The van der Waals surface area contributed by atoms with Gasteiger partial charge in [0.1, 0.15) is 0 Å². The third-order valence-electron chi connectivity index (χ3n) is 2.89. The molecule has 1 aliphatic heterocycles. The van der Waals surface area contributed by atoms with Crippen LogP contribution in [0.25, 0.3) is 0 Å². The van der Waals surface area contributed by atoms with Crippen LogP contribution in [-0.2, 0) is 9.57 Å². The Morgan fingerprint density at radius 2 is 2.38 bits per heavy atom. The zero-order valence-corrected chi connectivity index (χ0v) is 13.0. The van der Waals surface area contributed by atoms with Crippen molar-refractivity contribution in [2.45, 2.75) is 26.4 Å².